The summed E-state index contributed by atoms with van der Waals surface area (Å²) >= 11 is 0. The van der Waals surface area contributed by atoms with Gasteiger partial charge in [0, 0.05) is 33.8 Å². The van der Waals surface area contributed by atoms with Gasteiger partial charge in [0.05, 0.1) is 5.69 Å². The molecule has 0 heterocycles. The van der Waals surface area contributed by atoms with Crippen LogP contribution < -0.4 is 9.80 Å². The summed E-state index contributed by atoms with van der Waals surface area (Å²) < 4.78 is 0. The zero-order valence-electron chi connectivity index (χ0n) is 34.1. The molecule has 0 saturated heterocycles. The van der Waals surface area contributed by atoms with Crippen LogP contribution in [0.15, 0.2) is 200 Å². The topological polar surface area (TPSA) is 6.48 Å². The summed E-state index contributed by atoms with van der Waals surface area (Å²) in [6.07, 6.45) is 5.66. The first-order valence-corrected chi connectivity index (χ1v) is 21.9. The van der Waals surface area contributed by atoms with Crippen molar-refractivity contribution in [3.05, 3.63) is 206 Å². The fraction of sp³-hybridized carbons (Fsp3) is 0.172. The van der Waals surface area contributed by atoms with E-state index in [1.807, 2.05) is 0 Å². The minimum Gasteiger partial charge on any atom is -0.310 e. The van der Waals surface area contributed by atoms with Crippen LogP contribution in [0.5, 0.6) is 0 Å². The van der Waals surface area contributed by atoms with E-state index in [4.69, 9.17) is 0 Å². The average molecular weight is 773 g/mol. The van der Waals surface area contributed by atoms with Crippen LogP contribution in [0.1, 0.15) is 38.2 Å². The third-order valence-electron chi connectivity index (χ3n) is 14.6. The van der Waals surface area contributed by atoms with Gasteiger partial charge in [0.1, 0.15) is 0 Å². The van der Waals surface area contributed by atoms with Crippen LogP contribution in [0, 0.1) is 23.7 Å². The van der Waals surface area contributed by atoms with Crippen LogP contribution in [-0.2, 0) is 5.41 Å². The molecule has 9 aromatic carbocycles. The van der Waals surface area contributed by atoms with Gasteiger partial charge >= 0.3 is 0 Å². The van der Waals surface area contributed by atoms with Crippen molar-refractivity contribution in [2.45, 2.75) is 38.0 Å². The van der Waals surface area contributed by atoms with Gasteiger partial charge in [-0.3, -0.25) is 0 Å². The minimum absolute atomic E-state index is 0.287. The lowest BCUT2D eigenvalue weighted by Crippen LogP contribution is -2.58. The van der Waals surface area contributed by atoms with E-state index in [2.05, 4.69) is 217 Å². The Morgan fingerprint density at radius 2 is 0.933 bits per heavy atom. The molecular formula is C58H48N2. The maximum absolute atomic E-state index is 2.54. The molecule has 12 rings (SSSR count). The second-order valence-electron chi connectivity index (χ2n) is 18.1. The lowest BCUT2D eigenvalue weighted by molar-refractivity contribution is -0.141. The molecule has 0 aromatic heterocycles. The molecule has 3 aliphatic rings. The van der Waals surface area contributed by atoms with Crippen molar-refractivity contribution in [2.24, 2.45) is 23.7 Å². The third kappa shape index (κ3) is 5.84. The predicted molar refractivity (Wildman–Crippen MR) is 254 cm³/mol. The number of benzene rings is 9. The van der Waals surface area contributed by atoms with Gasteiger partial charge in [-0.1, -0.05) is 128 Å². The zero-order valence-corrected chi connectivity index (χ0v) is 34.1. The number of anilines is 6. The van der Waals surface area contributed by atoms with E-state index < -0.39 is 0 Å². The van der Waals surface area contributed by atoms with Crippen LogP contribution in [0.25, 0.3) is 43.4 Å². The molecule has 0 N–H and O–H groups in total. The normalized spacial score (nSPS) is 21.6. The minimum atomic E-state index is 0.287. The first-order chi connectivity index (χ1) is 29.6. The molecule has 0 spiro atoms. The Bertz CT molecular complexity index is 2970. The summed E-state index contributed by atoms with van der Waals surface area (Å²) in [6.45, 7) is 2.54. The van der Waals surface area contributed by atoms with Crippen LogP contribution in [0.4, 0.5) is 34.1 Å². The summed E-state index contributed by atoms with van der Waals surface area (Å²) in [5.74, 6) is 4.01. The summed E-state index contributed by atoms with van der Waals surface area (Å²) in [7, 11) is 0. The Kier molecular flexibility index (Phi) is 8.23. The van der Waals surface area contributed by atoms with Crippen molar-refractivity contribution in [3.63, 3.8) is 0 Å². The standard InChI is InChI=1S/C58H48N2/c1-58(37-46-34-45-35-47(38-58)56(45)46)48-26-29-52(30-27-48)59(49-13-5-2-6-14-49)53-28-24-39-20-22-41(33-44(39)36-53)42-25-31-54-43(32-42)23-21-40-12-11-19-55(57(40)54)60(50-15-7-3-8-16-50)51-17-9-4-10-18-51/h2-33,36,45-47,56H,34-35,37-38H2,1H3. The van der Waals surface area contributed by atoms with Crippen molar-refractivity contribution in [1.29, 1.82) is 0 Å². The monoisotopic (exact) mass is 772 g/mol. The van der Waals surface area contributed by atoms with Gasteiger partial charge in [-0.05, 0) is 177 Å². The van der Waals surface area contributed by atoms with Crippen LogP contribution in [-0.4, -0.2) is 0 Å². The highest BCUT2D eigenvalue weighted by Crippen LogP contribution is 2.67. The maximum atomic E-state index is 2.54. The number of hydrogen-bond acceptors (Lipinski definition) is 2. The van der Waals surface area contributed by atoms with Gasteiger partial charge in [0.25, 0.3) is 0 Å². The van der Waals surface area contributed by atoms with Gasteiger partial charge < -0.3 is 9.80 Å². The maximum Gasteiger partial charge on any atom is 0.0546 e. The number of nitrogens with zero attached hydrogens (tertiary/aromatic N) is 2. The number of rotatable bonds is 8. The highest BCUT2D eigenvalue weighted by atomic mass is 15.1. The molecule has 0 aliphatic heterocycles. The second-order valence-corrected chi connectivity index (χ2v) is 18.1. The molecule has 0 radical (unpaired) electrons. The Morgan fingerprint density at radius 3 is 1.58 bits per heavy atom. The highest BCUT2D eigenvalue weighted by molar-refractivity contribution is 6.15. The number of fused-ring (bicyclic) bond motifs is 4. The molecule has 2 heteroatoms. The lowest BCUT2D eigenvalue weighted by atomic mass is 9.39. The summed E-state index contributed by atoms with van der Waals surface area (Å²) in [6, 6.07) is 73.9. The molecule has 3 fully saturated rings. The van der Waals surface area contributed by atoms with Crippen molar-refractivity contribution in [2.75, 3.05) is 9.80 Å². The van der Waals surface area contributed by atoms with Gasteiger partial charge in [-0.25, -0.2) is 0 Å². The van der Waals surface area contributed by atoms with E-state index in [9.17, 15) is 0 Å². The fourth-order valence-electron chi connectivity index (χ4n) is 11.8. The molecular weight excluding hydrogens is 725 g/mol. The van der Waals surface area contributed by atoms with E-state index in [1.54, 1.807) is 0 Å². The van der Waals surface area contributed by atoms with E-state index in [1.165, 1.54) is 97.4 Å². The molecule has 290 valence electrons. The van der Waals surface area contributed by atoms with Crippen molar-refractivity contribution in [1.82, 2.24) is 0 Å². The quantitative estimate of drug-likeness (QED) is 0.142. The molecule has 9 aromatic rings. The van der Waals surface area contributed by atoms with Gasteiger partial charge in [0.2, 0.25) is 0 Å². The zero-order chi connectivity index (χ0) is 39.8. The molecule has 3 aliphatic carbocycles. The average Bonchev–Trinajstić information content (AvgIpc) is 3.28. The van der Waals surface area contributed by atoms with Crippen LogP contribution >= 0.6 is 0 Å². The van der Waals surface area contributed by atoms with Gasteiger partial charge in [-0.15, -0.1) is 0 Å². The van der Waals surface area contributed by atoms with Crippen molar-refractivity contribution in [3.8, 4) is 11.1 Å². The Balaban J connectivity index is 0.909. The first kappa shape index (κ1) is 35.3. The highest BCUT2D eigenvalue weighted by Gasteiger charge is 2.59. The van der Waals surface area contributed by atoms with Crippen molar-refractivity contribution < 1.29 is 0 Å². The van der Waals surface area contributed by atoms with Gasteiger partial charge in [-0.2, -0.15) is 0 Å². The Hall–Kier alpha value is -6.64. The van der Waals surface area contributed by atoms with E-state index in [-0.39, 0.29) is 5.41 Å². The smallest absolute Gasteiger partial charge is 0.0546 e. The molecule has 3 saturated carbocycles. The van der Waals surface area contributed by atoms with Gasteiger partial charge in [0.15, 0.2) is 0 Å². The van der Waals surface area contributed by atoms with Crippen LogP contribution in [0.2, 0.25) is 0 Å². The molecule has 2 atom stereocenters. The van der Waals surface area contributed by atoms with E-state index in [0.717, 1.165) is 35.0 Å². The molecule has 2 unspecified atom stereocenters. The van der Waals surface area contributed by atoms with E-state index in [0.29, 0.717) is 0 Å². The third-order valence-corrected chi connectivity index (χ3v) is 14.6. The predicted octanol–water partition coefficient (Wildman–Crippen LogP) is 16.1. The molecule has 0 bridgehead atoms. The van der Waals surface area contributed by atoms with Crippen molar-refractivity contribution >= 4 is 66.4 Å². The second kappa shape index (κ2) is 14.0. The molecule has 2 nitrogen and oxygen atoms in total. The van der Waals surface area contributed by atoms with E-state index >= 15 is 0 Å². The van der Waals surface area contributed by atoms with Crippen LogP contribution in [0.3, 0.4) is 0 Å². The Morgan fingerprint density at radius 1 is 0.400 bits per heavy atom. The largest absolute Gasteiger partial charge is 0.310 e. The number of para-hydroxylation sites is 3. The number of hydrogen-bond donors (Lipinski definition) is 0. The Labute approximate surface area is 353 Å². The summed E-state index contributed by atoms with van der Waals surface area (Å²) in [4.78, 5) is 4.80. The summed E-state index contributed by atoms with van der Waals surface area (Å²) in [5, 5.41) is 7.43. The molecule has 0 amide bonds. The fourth-order valence-corrected chi connectivity index (χ4v) is 11.8. The summed E-state index contributed by atoms with van der Waals surface area (Å²) in [5.41, 5.74) is 11.2. The SMILES string of the molecule is CC1(c2ccc(N(c3ccccc3)c3ccc4ccc(-c5ccc6c(ccc7cccc(N(c8ccccc8)c8ccccc8)c76)c5)cc4c3)cc2)CC2CC3CC(C1)C32. The lowest BCUT2D eigenvalue weighted by Gasteiger charge is -2.65. The molecule has 60 heavy (non-hydrogen) atoms. The first-order valence-electron chi connectivity index (χ1n) is 21.9.